The number of fused-ring (bicyclic) bond motifs is 1. The van der Waals surface area contributed by atoms with Crippen molar-refractivity contribution >= 4 is 17.7 Å². The fourth-order valence-electron chi connectivity index (χ4n) is 5.38. The zero-order valence-corrected chi connectivity index (χ0v) is 24.2. The first-order valence-electron chi connectivity index (χ1n) is 14.1. The summed E-state index contributed by atoms with van der Waals surface area (Å²) in [7, 11) is 0. The van der Waals surface area contributed by atoms with Crippen LogP contribution in [0.25, 0.3) is 6.08 Å². The lowest BCUT2D eigenvalue weighted by atomic mass is 9.83. The van der Waals surface area contributed by atoms with Crippen molar-refractivity contribution in [1.29, 1.82) is 0 Å². The van der Waals surface area contributed by atoms with E-state index in [1.165, 1.54) is 31.2 Å². The smallest absolute Gasteiger partial charge is 0.247 e. The van der Waals surface area contributed by atoms with Gasteiger partial charge < -0.3 is 54.6 Å². The van der Waals surface area contributed by atoms with Crippen LogP contribution in [0.5, 0.6) is 11.5 Å². The Morgan fingerprint density at radius 2 is 1.76 bits per heavy atom. The van der Waals surface area contributed by atoms with Crippen LogP contribution in [-0.4, -0.2) is 99.0 Å². The first-order valence-corrected chi connectivity index (χ1v) is 14.1. The molecule has 0 aromatic heterocycles. The molecule has 1 amide bonds. The second kappa shape index (κ2) is 13.7. The molecule has 5 rings (SSSR count). The molecule has 2 aliphatic heterocycles. The van der Waals surface area contributed by atoms with Crippen LogP contribution in [0.15, 0.2) is 47.1 Å². The van der Waals surface area contributed by atoms with Gasteiger partial charge in [-0.05, 0) is 55.3 Å². The van der Waals surface area contributed by atoms with E-state index < -0.39 is 72.6 Å². The lowest BCUT2D eigenvalue weighted by Crippen LogP contribution is -2.67. The highest BCUT2D eigenvalue weighted by atomic mass is 19.2. The molecule has 0 unspecified atom stereocenters. The van der Waals surface area contributed by atoms with Crippen LogP contribution >= 0.6 is 0 Å². The van der Waals surface area contributed by atoms with Gasteiger partial charge in [-0.2, -0.15) is 0 Å². The SMILES string of the molecule is C/C(=N/OCc1ccc(F)c(F)c1)[C@H]1O[C@@H](Oc2ccc(/C=C(\C)C(=O)N[C@@H]3[C@H](O)[C@@H](O)[C@H]4OCO[C@H]4[C@@H]3O)cc2O)C[C@@H]1O. The van der Waals surface area contributed by atoms with Gasteiger partial charge >= 0.3 is 0 Å². The molecule has 15 heteroatoms. The number of hydrogen-bond acceptors (Lipinski definition) is 12. The number of oxime groups is 1. The number of nitrogens with one attached hydrogen (secondary N) is 1. The Kier molecular flexibility index (Phi) is 9.98. The van der Waals surface area contributed by atoms with Crippen molar-refractivity contribution in [1.82, 2.24) is 5.32 Å². The fraction of sp³-hybridized carbons (Fsp3) is 0.467. The predicted molar refractivity (Wildman–Crippen MR) is 150 cm³/mol. The Bertz CT molecular complexity index is 1460. The van der Waals surface area contributed by atoms with Gasteiger partial charge in [0.15, 0.2) is 23.1 Å². The number of rotatable bonds is 9. The highest BCUT2D eigenvalue weighted by Crippen LogP contribution is 2.33. The van der Waals surface area contributed by atoms with Crippen molar-refractivity contribution in [2.75, 3.05) is 6.79 Å². The van der Waals surface area contributed by atoms with E-state index in [4.69, 9.17) is 23.8 Å². The van der Waals surface area contributed by atoms with Gasteiger partial charge in [0.1, 0.15) is 50.0 Å². The van der Waals surface area contributed by atoms with E-state index in [0.29, 0.717) is 11.1 Å². The second-order valence-electron chi connectivity index (χ2n) is 11.1. The molecule has 1 aliphatic carbocycles. The van der Waals surface area contributed by atoms with E-state index in [-0.39, 0.29) is 42.6 Å². The van der Waals surface area contributed by atoms with Gasteiger partial charge in [-0.25, -0.2) is 8.78 Å². The Labute approximate surface area is 256 Å². The number of aliphatic hydroxyl groups excluding tert-OH is 4. The molecular formula is C30H34F2N2O11. The van der Waals surface area contributed by atoms with Crippen LogP contribution in [0.2, 0.25) is 0 Å². The van der Waals surface area contributed by atoms with Gasteiger partial charge in [-0.3, -0.25) is 4.79 Å². The van der Waals surface area contributed by atoms with Crippen molar-refractivity contribution in [2.24, 2.45) is 5.16 Å². The van der Waals surface area contributed by atoms with Gasteiger partial charge in [0.2, 0.25) is 12.2 Å². The highest BCUT2D eigenvalue weighted by molar-refractivity contribution is 5.97. The first kappa shape index (κ1) is 32.7. The number of phenols is 1. The van der Waals surface area contributed by atoms with E-state index in [2.05, 4.69) is 10.5 Å². The molecule has 2 saturated heterocycles. The number of hydrogen-bond donors (Lipinski definition) is 6. The summed E-state index contributed by atoms with van der Waals surface area (Å²) < 4.78 is 48.4. The maximum Gasteiger partial charge on any atom is 0.247 e. The maximum atomic E-state index is 13.4. The third-order valence-electron chi connectivity index (χ3n) is 7.80. The van der Waals surface area contributed by atoms with Gasteiger partial charge in [0.25, 0.3) is 0 Å². The molecule has 0 radical (unpaired) electrons. The zero-order valence-electron chi connectivity index (χ0n) is 24.2. The Morgan fingerprint density at radius 3 is 2.47 bits per heavy atom. The minimum Gasteiger partial charge on any atom is -0.504 e. The normalized spacial score (nSPS) is 31.9. The number of carbonyl (C=O) groups is 1. The van der Waals surface area contributed by atoms with Crippen LogP contribution < -0.4 is 10.1 Å². The lowest BCUT2D eigenvalue weighted by Gasteiger charge is -2.41. The number of benzene rings is 2. The molecule has 9 atom stereocenters. The fourth-order valence-corrected chi connectivity index (χ4v) is 5.38. The monoisotopic (exact) mass is 636 g/mol. The summed E-state index contributed by atoms with van der Waals surface area (Å²) in [5.41, 5.74) is 1.24. The summed E-state index contributed by atoms with van der Waals surface area (Å²) in [5, 5.41) is 58.8. The number of aliphatic hydroxyl groups is 4. The molecule has 1 saturated carbocycles. The highest BCUT2D eigenvalue weighted by Gasteiger charge is 2.53. The van der Waals surface area contributed by atoms with Gasteiger partial charge in [-0.15, -0.1) is 0 Å². The second-order valence-corrected chi connectivity index (χ2v) is 11.1. The zero-order chi connectivity index (χ0) is 32.4. The van der Waals surface area contributed by atoms with Crippen LogP contribution in [0.1, 0.15) is 31.4 Å². The number of halogens is 2. The number of aromatic hydroxyl groups is 1. The Hall–Kier alpha value is -3.70. The Morgan fingerprint density at radius 1 is 1.02 bits per heavy atom. The minimum atomic E-state index is -1.49. The molecule has 0 bridgehead atoms. The average molecular weight is 637 g/mol. The number of nitrogens with zero attached hydrogens (tertiary/aromatic N) is 1. The molecule has 3 fully saturated rings. The molecule has 3 aliphatic rings. The molecule has 0 spiro atoms. The van der Waals surface area contributed by atoms with E-state index in [1.807, 2.05) is 0 Å². The number of amides is 1. The largest absolute Gasteiger partial charge is 0.504 e. The van der Waals surface area contributed by atoms with Gasteiger partial charge in [0.05, 0.1) is 17.9 Å². The van der Waals surface area contributed by atoms with Gasteiger partial charge in [0, 0.05) is 12.0 Å². The number of ether oxygens (including phenoxy) is 4. The molecule has 13 nitrogen and oxygen atoms in total. The average Bonchev–Trinajstić information content (AvgIpc) is 3.64. The lowest BCUT2D eigenvalue weighted by molar-refractivity contribution is -0.155. The standard InChI is InChI=1S/C30H34F2N2O11/c1-13(30(40)33-23-24(37)26(39)29-28(25(23)38)41-12-42-29)7-15-4-6-21(19(35)9-15)44-22-10-20(36)27(45-22)14(2)34-43-11-16-3-5-17(31)18(32)8-16/h3-9,20,22-29,35-39H,10-12H2,1-2H3,(H,33,40)/b13-7+,34-14-/t20-,22+,23+,24-,25+,26+,27+,28-,29+/m0/s1. The van der Waals surface area contributed by atoms with Crippen molar-refractivity contribution in [2.45, 2.75) is 81.9 Å². The topological polar surface area (TPSA) is 189 Å². The van der Waals surface area contributed by atoms with Crippen molar-refractivity contribution in [3.05, 3.63) is 64.7 Å². The van der Waals surface area contributed by atoms with Crippen molar-refractivity contribution in [3.8, 4) is 11.5 Å². The molecule has 6 N–H and O–H groups in total. The predicted octanol–water partition coefficient (Wildman–Crippen LogP) is 0.844. The van der Waals surface area contributed by atoms with Crippen molar-refractivity contribution in [3.63, 3.8) is 0 Å². The van der Waals surface area contributed by atoms with E-state index in [0.717, 1.165) is 12.1 Å². The molecule has 45 heavy (non-hydrogen) atoms. The van der Waals surface area contributed by atoms with E-state index >= 15 is 0 Å². The summed E-state index contributed by atoms with van der Waals surface area (Å²) in [6, 6.07) is 6.47. The van der Waals surface area contributed by atoms with Crippen LogP contribution in [0, 0.1) is 11.6 Å². The van der Waals surface area contributed by atoms with Crippen molar-refractivity contribution < 1.29 is 62.9 Å². The van der Waals surface area contributed by atoms with Crippen LogP contribution in [0.4, 0.5) is 8.78 Å². The molecular weight excluding hydrogens is 602 g/mol. The van der Waals surface area contributed by atoms with Crippen LogP contribution in [-0.2, 0) is 30.4 Å². The van der Waals surface area contributed by atoms with Crippen LogP contribution in [0.3, 0.4) is 0 Å². The molecule has 244 valence electrons. The number of phenolic OH excluding ortho intramolecular Hbond substituents is 1. The van der Waals surface area contributed by atoms with E-state index in [9.17, 15) is 39.1 Å². The van der Waals surface area contributed by atoms with E-state index in [1.54, 1.807) is 13.0 Å². The summed E-state index contributed by atoms with van der Waals surface area (Å²) in [4.78, 5) is 18.0. The quantitative estimate of drug-likeness (QED) is 0.130. The molecule has 2 aromatic rings. The first-order chi connectivity index (χ1) is 21.4. The van der Waals surface area contributed by atoms with Gasteiger partial charge in [-0.1, -0.05) is 17.3 Å². The third-order valence-corrected chi connectivity index (χ3v) is 7.80. The summed E-state index contributed by atoms with van der Waals surface area (Å²) >= 11 is 0. The minimum absolute atomic E-state index is 0.0482. The number of carbonyl (C=O) groups excluding carboxylic acids is 1. The maximum absolute atomic E-state index is 13.4. The third kappa shape index (κ3) is 7.25. The summed E-state index contributed by atoms with van der Waals surface area (Å²) in [6.45, 7) is 2.77. The Balaban J connectivity index is 1.15. The summed E-state index contributed by atoms with van der Waals surface area (Å²) in [6.07, 6.45) is -7.33. The summed E-state index contributed by atoms with van der Waals surface area (Å²) in [5.74, 6) is -2.84. The molecule has 2 aromatic carbocycles. The molecule has 2 heterocycles.